The molecular formula is C15H24O. The van der Waals surface area contributed by atoms with Crippen LogP contribution in [0.5, 0.6) is 0 Å². The van der Waals surface area contributed by atoms with E-state index in [0.717, 1.165) is 31.1 Å². The molecule has 1 N–H and O–H groups in total. The molecule has 5 atom stereocenters. The number of fused-ring (bicyclic) bond motifs is 3. The Kier molecular flexibility index (Phi) is 1.98. The number of rotatable bonds is 0. The average molecular weight is 220 g/mol. The Balaban J connectivity index is 1.97. The van der Waals surface area contributed by atoms with Crippen LogP contribution in [0.15, 0.2) is 12.2 Å². The van der Waals surface area contributed by atoms with Crippen molar-refractivity contribution in [1.82, 2.24) is 0 Å². The highest BCUT2D eigenvalue weighted by molar-refractivity contribution is 5.24. The van der Waals surface area contributed by atoms with E-state index < -0.39 is 5.60 Å². The average Bonchev–Trinajstić information content (AvgIpc) is 2.51. The lowest BCUT2D eigenvalue weighted by Crippen LogP contribution is -2.37. The van der Waals surface area contributed by atoms with Gasteiger partial charge in [0, 0.05) is 0 Å². The Morgan fingerprint density at radius 1 is 1.19 bits per heavy atom. The summed E-state index contributed by atoms with van der Waals surface area (Å²) in [4.78, 5) is 0. The van der Waals surface area contributed by atoms with E-state index in [2.05, 4.69) is 27.4 Å². The minimum absolute atomic E-state index is 0.437. The van der Waals surface area contributed by atoms with Gasteiger partial charge in [0.25, 0.3) is 0 Å². The van der Waals surface area contributed by atoms with Crippen molar-refractivity contribution in [3.8, 4) is 0 Å². The summed E-state index contributed by atoms with van der Waals surface area (Å²) in [6.45, 7) is 11.1. The summed E-state index contributed by atoms with van der Waals surface area (Å²) in [6.07, 6.45) is 4.51. The zero-order chi connectivity index (χ0) is 11.7. The molecule has 3 fully saturated rings. The smallest absolute Gasteiger partial charge is 0.0653 e. The van der Waals surface area contributed by atoms with E-state index in [1.807, 2.05) is 0 Å². The standard InChI is InChI=1S/C15H24O/c1-9-5-6-10-12(9)13-11(14(13,2)3)7-8-15(10,4)16/h10-13,16H,1,5-8H2,2-4H3. The van der Waals surface area contributed by atoms with E-state index in [4.69, 9.17) is 0 Å². The van der Waals surface area contributed by atoms with Crippen LogP contribution in [0.2, 0.25) is 0 Å². The van der Waals surface area contributed by atoms with Crippen molar-refractivity contribution in [3.63, 3.8) is 0 Å². The lowest BCUT2D eigenvalue weighted by molar-refractivity contribution is -0.0229. The number of hydrogen-bond acceptors (Lipinski definition) is 1. The van der Waals surface area contributed by atoms with Crippen molar-refractivity contribution < 1.29 is 5.11 Å². The lowest BCUT2D eigenvalue weighted by atomic mass is 9.76. The first-order valence-electron chi connectivity index (χ1n) is 6.76. The molecule has 3 aliphatic carbocycles. The first-order valence-corrected chi connectivity index (χ1v) is 6.76. The van der Waals surface area contributed by atoms with E-state index in [1.165, 1.54) is 12.0 Å². The van der Waals surface area contributed by atoms with Crippen LogP contribution in [-0.2, 0) is 0 Å². The van der Waals surface area contributed by atoms with Gasteiger partial charge in [0.05, 0.1) is 5.60 Å². The Bertz CT molecular complexity index is 339. The Labute approximate surface area is 98.9 Å². The molecule has 3 rings (SSSR count). The van der Waals surface area contributed by atoms with Crippen molar-refractivity contribution in [2.45, 2.75) is 52.1 Å². The van der Waals surface area contributed by atoms with Crippen LogP contribution in [0.1, 0.15) is 46.5 Å². The Morgan fingerprint density at radius 2 is 1.88 bits per heavy atom. The summed E-state index contributed by atoms with van der Waals surface area (Å²) in [5.74, 6) is 2.74. The molecule has 0 radical (unpaired) electrons. The summed E-state index contributed by atoms with van der Waals surface area (Å²) < 4.78 is 0. The van der Waals surface area contributed by atoms with E-state index in [9.17, 15) is 5.11 Å². The van der Waals surface area contributed by atoms with E-state index in [1.54, 1.807) is 0 Å². The first-order chi connectivity index (χ1) is 7.36. The molecule has 5 unspecified atom stereocenters. The molecule has 1 nitrogen and oxygen atoms in total. The summed E-state index contributed by atoms with van der Waals surface area (Å²) in [5, 5.41) is 10.6. The number of hydrogen-bond donors (Lipinski definition) is 1. The molecule has 0 aromatic rings. The van der Waals surface area contributed by atoms with Crippen LogP contribution in [0.3, 0.4) is 0 Å². The molecule has 0 aliphatic heterocycles. The van der Waals surface area contributed by atoms with Gasteiger partial charge >= 0.3 is 0 Å². The normalized spacial score (nSPS) is 54.1. The summed E-state index contributed by atoms with van der Waals surface area (Å²) in [6, 6.07) is 0. The summed E-state index contributed by atoms with van der Waals surface area (Å²) in [7, 11) is 0. The summed E-state index contributed by atoms with van der Waals surface area (Å²) >= 11 is 0. The van der Waals surface area contributed by atoms with Gasteiger partial charge in [-0.3, -0.25) is 0 Å². The summed E-state index contributed by atoms with van der Waals surface area (Å²) in [5.41, 5.74) is 1.49. The fraction of sp³-hybridized carbons (Fsp3) is 0.867. The van der Waals surface area contributed by atoms with Crippen molar-refractivity contribution in [1.29, 1.82) is 0 Å². The third-order valence-electron chi connectivity index (χ3n) is 5.97. The molecule has 16 heavy (non-hydrogen) atoms. The van der Waals surface area contributed by atoms with Gasteiger partial charge < -0.3 is 5.11 Å². The maximum atomic E-state index is 10.6. The monoisotopic (exact) mass is 220 g/mol. The van der Waals surface area contributed by atoms with Crippen LogP contribution in [-0.4, -0.2) is 10.7 Å². The highest BCUT2D eigenvalue weighted by Crippen LogP contribution is 2.70. The van der Waals surface area contributed by atoms with Gasteiger partial charge in [-0.05, 0) is 61.7 Å². The molecule has 0 bridgehead atoms. The molecule has 0 saturated heterocycles. The minimum atomic E-state index is -0.437. The van der Waals surface area contributed by atoms with Crippen molar-refractivity contribution in [2.75, 3.05) is 0 Å². The van der Waals surface area contributed by atoms with Crippen LogP contribution in [0, 0.1) is 29.1 Å². The molecule has 0 heterocycles. The second-order valence-corrected chi connectivity index (χ2v) is 7.18. The lowest BCUT2D eigenvalue weighted by Gasteiger charge is -2.34. The fourth-order valence-electron chi connectivity index (χ4n) is 4.86. The highest BCUT2D eigenvalue weighted by Gasteiger charge is 2.66. The SMILES string of the molecule is C=C1CCC2C1C1C(CCC2(C)O)C1(C)C. The van der Waals surface area contributed by atoms with Crippen LogP contribution in [0.25, 0.3) is 0 Å². The molecule has 1 heteroatoms. The predicted octanol–water partition coefficient (Wildman–Crippen LogP) is 3.39. The van der Waals surface area contributed by atoms with E-state index in [0.29, 0.717) is 17.3 Å². The van der Waals surface area contributed by atoms with Gasteiger partial charge in [-0.15, -0.1) is 0 Å². The maximum Gasteiger partial charge on any atom is 0.0653 e. The molecule has 90 valence electrons. The molecular weight excluding hydrogens is 196 g/mol. The second-order valence-electron chi connectivity index (χ2n) is 7.18. The van der Waals surface area contributed by atoms with E-state index >= 15 is 0 Å². The van der Waals surface area contributed by atoms with Crippen molar-refractivity contribution in [3.05, 3.63) is 12.2 Å². The number of allylic oxidation sites excluding steroid dienone is 1. The zero-order valence-corrected chi connectivity index (χ0v) is 10.8. The largest absolute Gasteiger partial charge is 0.390 e. The molecule has 0 spiro atoms. The van der Waals surface area contributed by atoms with Gasteiger partial charge in [-0.1, -0.05) is 26.0 Å². The Morgan fingerprint density at radius 3 is 2.56 bits per heavy atom. The van der Waals surface area contributed by atoms with Gasteiger partial charge in [-0.25, -0.2) is 0 Å². The van der Waals surface area contributed by atoms with Crippen molar-refractivity contribution in [2.24, 2.45) is 29.1 Å². The van der Waals surface area contributed by atoms with Crippen LogP contribution in [0.4, 0.5) is 0 Å². The van der Waals surface area contributed by atoms with Gasteiger partial charge in [0.2, 0.25) is 0 Å². The first kappa shape index (κ1) is 10.8. The third-order valence-corrected chi connectivity index (χ3v) is 5.97. The topological polar surface area (TPSA) is 20.2 Å². The molecule has 0 aromatic carbocycles. The van der Waals surface area contributed by atoms with Crippen LogP contribution < -0.4 is 0 Å². The molecule has 3 aliphatic rings. The fourth-order valence-corrected chi connectivity index (χ4v) is 4.86. The van der Waals surface area contributed by atoms with Gasteiger partial charge in [-0.2, -0.15) is 0 Å². The Hall–Kier alpha value is -0.300. The highest BCUT2D eigenvalue weighted by atomic mass is 16.3. The van der Waals surface area contributed by atoms with Gasteiger partial charge in [0.1, 0.15) is 0 Å². The molecule has 3 saturated carbocycles. The van der Waals surface area contributed by atoms with Gasteiger partial charge in [0.15, 0.2) is 0 Å². The van der Waals surface area contributed by atoms with Crippen LogP contribution >= 0.6 is 0 Å². The second kappa shape index (κ2) is 2.93. The maximum absolute atomic E-state index is 10.6. The molecule has 0 amide bonds. The minimum Gasteiger partial charge on any atom is -0.390 e. The zero-order valence-electron chi connectivity index (χ0n) is 10.8. The predicted molar refractivity (Wildman–Crippen MR) is 66.0 cm³/mol. The van der Waals surface area contributed by atoms with Crippen molar-refractivity contribution >= 4 is 0 Å². The number of aliphatic hydroxyl groups is 1. The molecule has 0 aromatic heterocycles. The third kappa shape index (κ3) is 1.21. The quantitative estimate of drug-likeness (QED) is 0.620. The van der Waals surface area contributed by atoms with E-state index in [-0.39, 0.29) is 0 Å².